The quantitative estimate of drug-likeness (QED) is 0.845. The zero-order valence-electron chi connectivity index (χ0n) is 10.5. The first-order valence-corrected chi connectivity index (χ1v) is 6.34. The maximum Gasteiger partial charge on any atom is 0.305 e. The van der Waals surface area contributed by atoms with Gasteiger partial charge < -0.3 is 10.4 Å². The first-order chi connectivity index (χ1) is 8.59. The number of hydrogen-bond donors (Lipinski definition) is 2. The number of nitrogens with one attached hydrogen (secondary N) is 1. The molecule has 3 nitrogen and oxygen atoms in total. The third-order valence-corrected chi connectivity index (χ3v) is 3.60. The van der Waals surface area contributed by atoms with Crippen LogP contribution in [0, 0.1) is 5.82 Å². The van der Waals surface area contributed by atoms with E-state index in [4.69, 9.17) is 5.11 Å². The molecule has 4 heteroatoms. The normalized spacial score (nSPS) is 21.9. The molecule has 1 unspecified atom stereocenters. The Labute approximate surface area is 106 Å². The average Bonchev–Trinajstić information content (AvgIpc) is 2.67. The number of benzene rings is 1. The van der Waals surface area contributed by atoms with Crippen molar-refractivity contribution in [1.29, 1.82) is 0 Å². The van der Waals surface area contributed by atoms with E-state index in [-0.39, 0.29) is 12.2 Å². The Bertz CT molecular complexity index is 461. The van der Waals surface area contributed by atoms with Crippen molar-refractivity contribution in [3.8, 4) is 0 Å². The molecule has 2 N–H and O–H groups in total. The van der Waals surface area contributed by atoms with Crippen LogP contribution < -0.4 is 5.32 Å². The van der Waals surface area contributed by atoms with Crippen LogP contribution >= 0.6 is 0 Å². The molecule has 18 heavy (non-hydrogen) atoms. The first-order valence-electron chi connectivity index (χ1n) is 6.34. The van der Waals surface area contributed by atoms with Gasteiger partial charge in [0.15, 0.2) is 0 Å². The minimum absolute atomic E-state index is 0.00343. The summed E-state index contributed by atoms with van der Waals surface area (Å²) in [6.07, 6.45) is 2.18. The summed E-state index contributed by atoms with van der Waals surface area (Å²) >= 11 is 0. The highest BCUT2D eigenvalue weighted by atomic mass is 19.1. The summed E-state index contributed by atoms with van der Waals surface area (Å²) in [5, 5.41) is 12.4. The lowest BCUT2D eigenvalue weighted by molar-refractivity contribution is -0.138. The summed E-state index contributed by atoms with van der Waals surface area (Å²) in [5.41, 5.74) is 0.889. The van der Waals surface area contributed by atoms with E-state index in [1.165, 1.54) is 6.07 Å². The number of aliphatic carboxylic acids is 1. The molecule has 1 aromatic rings. The number of hydrogen-bond acceptors (Lipinski definition) is 2. The highest BCUT2D eigenvalue weighted by Gasteiger charge is 2.40. The largest absolute Gasteiger partial charge is 0.481 e. The monoisotopic (exact) mass is 251 g/mol. The molecule has 0 aromatic heterocycles. The summed E-state index contributed by atoms with van der Waals surface area (Å²) in [6, 6.07) is 4.94. The van der Waals surface area contributed by atoms with Crippen LogP contribution in [0.2, 0.25) is 0 Å². The van der Waals surface area contributed by atoms with Crippen LogP contribution in [0.25, 0.3) is 0 Å². The summed E-state index contributed by atoms with van der Waals surface area (Å²) in [4.78, 5) is 11.1. The van der Waals surface area contributed by atoms with Gasteiger partial charge in [0.1, 0.15) is 5.82 Å². The molecule has 1 aliphatic rings. The van der Waals surface area contributed by atoms with Crippen molar-refractivity contribution in [1.82, 2.24) is 5.32 Å². The maximum atomic E-state index is 13.7. The fourth-order valence-corrected chi connectivity index (χ4v) is 2.79. The van der Waals surface area contributed by atoms with Crippen LogP contribution in [-0.2, 0) is 16.8 Å². The molecule has 1 aliphatic carbocycles. The molecule has 0 radical (unpaired) electrons. The van der Waals surface area contributed by atoms with E-state index >= 15 is 0 Å². The van der Waals surface area contributed by atoms with Gasteiger partial charge in [0, 0.05) is 0 Å². The van der Waals surface area contributed by atoms with E-state index in [1.54, 1.807) is 6.07 Å². The second-order valence-electron chi connectivity index (χ2n) is 4.85. The topological polar surface area (TPSA) is 49.3 Å². The smallest absolute Gasteiger partial charge is 0.305 e. The zero-order chi connectivity index (χ0) is 13.2. The van der Waals surface area contributed by atoms with Crippen molar-refractivity contribution in [2.75, 3.05) is 6.54 Å². The second kappa shape index (κ2) is 5.06. The number of carboxylic acid groups (broad SMARTS) is 1. The van der Waals surface area contributed by atoms with E-state index in [9.17, 15) is 9.18 Å². The van der Waals surface area contributed by atoms with Gasteiger partial charge in [-0.2, -0.15) is 0 Å². The van der Waals surface area contributed by atoms with Crippen molar-refractivity contribution in [3.05, 3.63) is 35.1 Å². The van der Waals surface area contributed by atoms with Crippen molar-refractivity contribution >= 4 is 5.97 Å². The van der Waals surface area contributed by atoms with Crippen LogP contribution in [0.3, 0.4) is 0 Å². The minimum atomic E-state index is -0.851. The van der Waals surface area contributed by atoms with Crippen LogP contribution in [0.1, 0.15) is 37.3 Å². The van der Waals surface area contributed by atoms with E-state index < -0.39 is 11.5 Å². The Morgan fingerprint density at radius 3 is 3.00 bits per heavy atom. The lowest BCUT2D eigenvalue weighted by Gasteiger charge is -2.30. The summed E-state index contributed by atoms with van der Waals surface area (Å²) in [7, 11) is 0. The SMILES string of the molecule is CCCNC1(CC(=O)O)CCc2c(F)cccc21. The molecular weight excluding hydrogens is 233 g/mol. The summed E-state index contributed by atoms with van der Waals surface area (Å²) in [6.45, 7) is 2.77. The molecule has 0 saturated carbocycles. The Balaban J connectivity index is 2.39. The standard InChI is InChI=1S/C14H18FNO2/c1-2-8-16-14(9-13(17)18)7-6-10-11(14)4-3-5-12(10)15/h3-5,16H,2,6-9H2,1H3,(H,17,18). The van der Waals surface area contributed by atoms with E-state index in [0.717, 1.165) is 18.5 Å². The maximum absolute atomic E-state index is 13.7. The molecule has 2 rings (SSSR count). The Morgan fingerprint density at radius 2 is 2.33 bits per heavy atom. The van der Waals surface area contributed by atoms with Gasteiger partial charge in [0.05, 0.1) is 12.0 Å². The second-order valence-corrected chi connectivity index (χ2v) is 4.85. The molecular formula is C14H18FNO2. The summed E-state index contributed by atoms with van der Waals surface area (Å²) in [5.74, 6) is -1.08. The molecule has 1 atom stereocenters. The van der Waals surface area contributed by atoms with Crippen LogP contribution in [-0.4, -0.2) is 17.6 Å². The minimum Gasteiger partial charge on any atom is -0.481 e. The highest BCUT2D eigenvalue weighted by Crippen LogP contribution is 2.40. The number of rotatable bonds is 5. The number of halogens is 1. The molecule has 0 amide bonds. The predicted octanol–water partition coefficient (Wildman–Crippen LogP) is 2.44. The molecule has 0 heterocycles. The molecule has 1 aromatic carbocycles. The Kier molecular flexibility index (Phi) is 3.66. The predicted molar refractivity (Wildman–Crippen MR) is 66.9 cm³/mol. The molecule has 0 spiro atoms. The van der Waals surface area contributed by atoms with Crippen molar-refractivity contribution in [2.24, 2.45) is 0 Å². The highest BCUT2D eigenvalue weighted by molar-refractivity contribution is 5.69. The van der Waals surface area contributed by atoms with Gasteiger partial charge >= 0.3 is 5.97 Å². The van der Waals surface area contributed by atoms with E-state index in [2.05, 4.69) is 5.32 Å². The number of carbonyl (C=O) groups is 1. The van der Waals surface area contributed by atoms with Crippen LogP contribution in [0.15, 0.2) is 18.2 Å². The van der Waals surface area contributed by atoms with Crippen molar-refractivity contribution in [2.45, 2.75) is 38.1 Å². The summed E-state index contributed by atoms with van der Waals surface area (Å²) < 4.78 is 13.7. The van der Waals surface area contributed by atoms with Gasteiger partial charge in [-0.3, -0.25) is 4.79 Å². The van der Waals surface area contributed by atoms with E-state index in [1.807, 2.05) is 13.0 Å². The van der Waals surface area contributed by atoms with Gasteiger partial charge in [0.2, 0.25) is 0 Å². The molecule has 0 bridgehead atoms. The van der Waals surface area contributed by atoms with Gasteiger partial charge in [-0.15, -0.1) is 0 Å². The first kappa shape index (κ1) is 13.0. The Hall–Kier alpha value is -1.42. The van der Waals surface area contributed by atoms with Crippen LogP contribution in [0.5, 0.6) is 0 Å². The molecule has 98 valence electrons. The molecule has 0 aliphatic heterocycles. The molecule has 0 fully saturated rings. The van der Waals surface area contributed by atoms with Crippen LogP contribution in [0.4, 0.5) is 4.39 Å². The van der Waals surface area contributed by atoms with E-state index in [0.29, 0.717) is 18.4 Å². The lowest BCUT2D eigenvalue weighted by atomic mass is 9.88. The number of fused-ring (bicyclic) bond motifs is 1. The fourth-order valence-electron chi connectivity index (χ4n) is 2.79. The van der Waals surface area contributed by atoms with Gasteiger partial charge in [-0.25, -0.2) is 4.39 Å². The Morgan fingerprint density at radius 1 is 1.56 bits per heavy atom. The van der Waals surface area contributed by atoms with Crippen molar-refractivity contribution in [3.63, 3.8) is 0 Å². The van der Waals surface area contributed by atoms with Gasteiger partial charge in [-0.1, -0.05) is 19.1 Å². The third-order valence-electron chi connectivity index (χ3n) is 3.60. The van der Waals surface area contributed by atoms with Gasteiger partial charge in [0.25, 0.3) is 0 Å². The third kappa shape index (κ3) is 2.25. The van der Waals surface area contributed by atoms with Crippen molar-refractivity contribution < 1.29 is 14.3 Å². The zero-order valence-corrected chi connectivity index (χ0v) is 10.5. The average molecular weight is 251 g/mol. The number of carboxylic acids is 1. The fraction of sp³-hybridized carbons (Fsp3) is 0.500. The van der Waals surface area contributed by atoms with Gasteiger partial charge in [-0.05, 0) is 43.0 Å². The molecule has 0 saturated heterocycles. The lowest BCUT2D eigenvalue weighted by Crippen LogP contribution is -2.42.